The van der Waals surface area contributed by atoms with Gasteiger partial charge in [0, 0.05) is 45.2 Å². The van der Waals surface area contributed by atoms with E-state index in [0.29, 0.717) is 90.2 Å². The van der Waals surface area contributed by atoms with Gasteiger partial charge in [0.15, 0.2) is 5.11 Å². The van der Waals surface area contributed by atoms with Gasteiger partial charge >= 0.3 is 6.18 Å². The predicted molar refractivity (Wildman–Crippen MR) is 307 cm³/mol. The summed E-state index contributed by atoms with van der Waals surface area (Å²) in [5, 5.41) is 15.1. The topological polar surface area (TPSA) is 194 Å². The van der Waals surface area contributed by atoms with Gasteiger partial charge in [-0.25, -0.2) is 4.98 Å². The van der Waals surface area contributed by atoms with Gasteiger partial charge in [-0.3, -0.25) is 24.1 Å². The van der Waals surface area contributed by atoms with Gasteiger partial charge in [-0.05, 0) is 143 Å². The normalized spacial score (nSPS) is 15.8. The van der Waals surface area contributed by atoms with Crippen LogP contribution in [0.1, 0.15) is 108 Å². The molecule has 0 bridgehead atoms. The molecule has 4 amide bonds. The molecule has 0 spiro atoms. The van der Waals surface area contributed by atoms with Crippen LogP contribution in [0.25, 0.3) is 10.4 Å². The number of halogens is 3. The number of benzene rings is 3. The van der Waals surface area contributed by atoms with E-state index in [0.717, 1.165) is 77.3 Å². The molecule has 2 atom stereocenters. The standard InChI is InChI=1S/C59H76F3N7O10S2/c1-41-51(81-40-65-41)43-17-15-42(16-18-43)38-64-53(71)49-14-13-25-67(49)54(72)52(57(2,3)4)66-50(70)39-78-33-32-76-29-12-8-10-27-74-26-9-7-11-28-75-30-31-77-34-35-79-47-23-21-45(22-24-47)69-56(80)68(55(73)58(69,5)6)46-20-19-44(37-63)48(36-46)59(60,61)62/h15-24,36,40,49,52H,7-14,25-35,38-39H2,1-6H3,(H,64,71)(H,66,70)/t49-,52+/m0/s1. The number of nitrogens with one attached hydrogen (secondary N) is 2. The Hall–Kier alpha value is -6.06. The molecule has 6 rings (SSSR count). The van der Waals surface area contributed by atoms with Crippen molar-refractivity contribution in [1.82, 2.24) is 20.5 Å². The summed E-state index contributed by atoms with van der Waals surface area (Å²) in [5.41, 5.74) is 1.81. The molecule has 2 aliphatic heterocycles. The maximum absolute atomic E-state index is 13.9. The fourth-order valence-electron chi connectivity index (χ4n) is 9.33. The van der Waals surface area contributed by atoms with Crippen LogP contribution in [0.4, 0.5) is 24.5 Å². The number of aryl methyl sites for hydroxylation is 1. The number of carbonyl (C=O) groups is 4. The molecular weight excluding hydrogens is 1090 g/mol. The number of thiocarbonyl (C=S) groups is 1. The molecule has 3 aromatic carbocycles. The lowest BCUT2D eigenvalue weighted by molar-refractivity contribution is -0.144. The van der Waals surface area contributed by atoms with Crippen molar-refractivity contribution in [2.45, 2.75) is 123 Å². The van der Waals surface area contributed by atoms with Gasteiger partial charge in [0.1, 0.15) is 36.6 Å². The molecule has 2 N–H and O–H groups in total. The molecular formula is C59H76F3N7O10S2. The summed E-state index contributed by atoms with van der Waals surface area (Å²) in [4.78, 5) is 63.4. The Morgan fingerprint density at radius 3 is 1.98 bits per heavy atom. The van der Waals surface area contributed by atoms with E-state index in [-0.39, 0.29) is 42.4 Å². The fourth-order valence-corrected chi connectivity index (χ4v) is 10.7. The lowest BCUT2D eigenvalue weighted by Crippen LogP contribution is -2.58. The first-order valence-corrected chi connectivity index (χ1v) is 28.8. The van der Waals surface area contributed by atoms with Gasteiger partial charge in [0.05, 0.1) is 72.0 Å². The van der Waals surface area contributed by atoms with Crippen LogP contribution in [-0.4, -0.2) is 135 Å². The Balaban J connectivity index is 0.720. The SMILES string of the molecule is Cc1ncsc1-c1ccc(CNC(=O)[C@@H]2CCCN2C(=O)[C@@H](NC(=O)COCCOCCCCCOCCCCCOCCOCCOc2ccc(N3C(=S)N(c4ccc(C#N)c(C(F)(F)F)c4)C(=O)C3(C)C)cc2)C(C)(C)C)cc1. The Morgan fingerprint density at radius 1 is 0.815 bits per heavy atom. The minimum absolute atomic E-state index is 0.00598. The fraction of sp³-hybridized carbons (Fsp3) is 0.542. The van der Waals surface area contributed by atoms with Gasteiger partial charge in [-0.1, -0.05) is 45.0 Å². The first-order valence-electron chi connectivity index (χ1n) is 27.5. The van der Waals surface area contributed by atoms with Crippen LogP contribution in [0.2, 0.25) is 0 Å². The zero-order valence-electron chi connectivity index (χ0n) is 47.2. The maximum atomic E-state index is 13.9. The highest BCUT2D eigenvalue weighted by molar-refractivity contribution is 7.81. The highest BCUT2D eigenvalue weighted by atomic mass is 32.1. The van der Waals surface area contributed by atoms with Crippen molar-refractivity contribution in [3.8, 4) is 22.3 Å². The smallest absolute Gasteiger partial charge is 0.417 e. The molecule has 22 heteroatoms. The number of nitriles is 1. The number of aromatic nitrogens is 1. The minimum atomic E-state index is -4.79. The van der Waals surface area contributed by atoms with E-state index in [1.54, 1.807) is 65.3 Å². The monoisotopic (exact) mass is 1160 g/mol. The highest BCUT2D eigenvalue weighted by Crippen LogP contribution is 2.40. The Labute approximate surface area is 482 Å². The summed E-state index contributed by atoms with van der Waals surface area (Å²) < 4.78 is 75.3. The molecule has 440 valence electrons. The second kappa shape index (κ2) is 30.8. The number of ether oxygens (including phenoxy) is 6. The quantitative estimate of drug-likeness (QED) is 0.0347. The Morgan fingerprint density at radius 2 is 1.40 bits per heavy atom. The van der Waals surface area contributed by atoms with Gasteiger partial charge in [0.2, 0.25) is 17.7 Å². The molecule has 0 radical (unpaired) electrons. The number of carbonyl (C=O) groups excluding carboxylic acids is 4. The van der Waals surface area contributed by atoms with Crippen molar-refractivity contribution in [2.24, 2.45) is 5.41 Å². The van der Waals surface area contributed by atoms with Gasteiger partial charge < -0.3 is 48.9 Å². The molecule has 2 fully saturated rings. The molecule has 0 aliphatic carbocycles. The summed E-state index contributed by atoms with van der Waals surface area (Å²) in [7, 11) is 0. The third-order valence-corrected chi connectivity index (χ3v) is 15.1. The predicted octanol–water partition coefficient (Wildman–Crippen LogP) is 9.57. The number of hydrogen-bond acceptors (Lipinski definition) is 14. The van der Waals surface area contributed by atoms with Crippen molar-refractivity contribution in [1.29, 1.82) is 5.26 Å². The summed E-state index contributed by atoms with van der Waals surface area (Å²) >= 11 is 7.21. The third-order valence-electron chi connectivity index (χ3n) is 13.8. The number of anilines is 2. The Kier molecular flexibility index (Phi) is 24.4. The number of likely N-dealkylation sites (tertiary alicyclic amines) is 1. The van der Waals surface area contributed by atoms with Crippen molar-refractivity contribution >= 4 is 63.7 Å². The van der Waals surface area contributed by atoms with Crippen LogP contribution in [0.5, 0.6) is 5.75 Å². The van der Waals surface area contributed by atoms with E-state index < -0.39 is 52.2 Å². The van der Waals surface area contributed by atoms with E-state index in [4.69, 9.17) is 40.6 Å². The molecule has 81 heavy (non-hydrogen) atoms. The van der Waals surface area contributed by atoms with Crippen LogP contribution in [0.3, 0.4) is 0 Å². The highest BCUT2D eigenvalue weighted by Gasteiger charge is 2.51. The summed E-state index contributed by atoms with van der Waals surface area (Å²) in [5.74, 6) is -0.852. The van der Waals surface area contributed by atoms with Crippen molar-refractivity contribution in [2.75, 3.05) is 89.0 Å². The van der Waals surface area contributed by atoms with Crippen LogP contribution in [0, 0.1) is 23.7 Å². The molecule has 3 heterocycles. The zero-order valence-corrected chi connectivity index (χ0v) is 48.8. The van der Waals surface area contributed by atoms with E-state index in [2.05, 4.69) is 15.6 Å². The molecule has 1 aromatic heterocycles. The largest absolute Gasteiger partial charge is 0.491 e. The van der Waals surface area contributed by atoms with Crippen LogP contribution in [0.15, 0.2) is 72.2 Å². The van der Waals surface area contributed by atoms with Crippen molar-refractivity contribution in [3.63, 3.8) is 0 Å². The average Bonchev–Trinajstić information content (AvgIpc) is 4.36. The van der Waals surface area contributed by atoms with Gasteiger partial charge in [0.25, 0.3) is 5.91 Å². The van der Waals surface area contributed by atoms with Crippen LogP contribution in [-0.2, 0) is 55.6 Å². The number of unbranched alkanes of at least 4 members (excludes halogenated alkanes) is 4. The van der Waals surface area contributed by atoms with E-state index in [1.807, 2.05) is 57.5 Å². The lowest BCUT2D eigenvalue weighted by Gasteiger charge is -2.35. The summed E-state index contributed by atoms with van der Waals surface area (Å²) in [6, 6.07) is 18.1. The first kappa shape index (κ1) is 64.1. The zero-order chi connectivity index (χ0) is 58.6. The molecule has 2 aliphatic rings. The maximum Gasteiger partial charge on any atom is 0.417 e. The van der Waals surface area contributed by atoms with Crippen molar-refractivity contribution < 1.29 is 60.8 Å². The molecule has 0 unspecified atom stereocenters. The van der Waals surface area contributed by atoms with Crippen LogP contribution < -0.4 is 25.2 Å². The molecule has 17 nitrogen and oxygen atoms in total. The number of alkyl halides is 3. The van der Waals surface area contributed by atoms with Crippen LogP contribution >= 0.6 is 23.6 Å². The second-order valence-corrected chi connectivity index (χ2v) is 22.6. The number of rotatable bonds is 32. The van der Waals surface area contributed by atoms with E-state index in [1.165, 1.54) is 6.07 Å². The van der Waals surface area contributed by atoms with E-state index in [9.17, 15) is 37.6 Å². The van der Waals surface area contributed by atoms with Crippen molar-refractivity contribution in [3.05, 3.63) is 94.6 Å². The van der Waals surface area contributed by atoms with Gasteiger partial charge in [-0.2, -0.15) is 18.4 Å². The Bertz CT molecular complexity index is 2750. The first-order chi connectivity index (χ1) is 38.7. The lowest BCUT2D eigenvalue weighted by atomic mass is 9.85. The number of nitrogens with zero attached hydrogens (tertiary/aromatic N) is 5. The average molecular weight is 1160 g/mol. The third kappa shape index (κ3) is 18.5. The number of amides is 4. The van der Waals surface area contributed by atoms with Gasteiger partial charge in [-0.15, -0.1) is 11.3 Å². The summed E-state index contributed by atoms with van der Waals surface area (Å²) in [6.45, 7) is 16.1. The molecule has 0 saturated carbocycles. The minimum Gasteiger partial charge on any atom is -0.491 e. The second-order valence-electron chi connectivity index (χ2n) is 21.4. The summed E-state index contributed by atoms with van der Waals surface area (Å²) in [6.07, 6.45) is 2.08. The number of thiazole rings is 1. The molecule has 4 aromatic rings. The molecule has 2 saturated heterocycles. The number of hydrogen-bond donors (Lipinski definition) is 2. The van der Waals surface area contributed by atoms with E-state index >= 15 is 0 Å².